The number of carbonyl (C=O) groups is 1. The Hall–Kier alpha value is -3.61. The number of benzene rings is 2. The number of rotatable bonds is 5. The zero-order valence-electron chi connectivity index (χ0n) is 15.8. The zero-order chi connectivity index (χ0) is 20.2. The monoisotopic (exact) mass is 385 g/mol. The van der Waals surface area contributed by atoms with Gasteiger partial charge in [-0.25, -0.2) is 10.5 Å². The topological polar surface area (TPSA) is 84.3 Å². The van der Waals surface area contributed by atoms with Crippen LogP contribution in [0.4, 0.5) is 0 Å². The van der Waals surface area contributed by atoms with Crippen LogP contribution in [0, 0.1) is 0 Å². The minimum Gasteiger partial charge on any atom is -0.392 e. The van der Waals surface area contributed by atoms with Crippen LogP contribution in [-0.4, -0.2) is 28.1 Å². The van der Waals surface area contributed by atoms with Crippen LogP contribution < -0.4 is 5.48 Å². The lowest BCUT2D eigenvalue weighted by Gasteiger charge is -2.12. The zero-order valence-corrected chi connectivity index (χ0v) is 15.8. The van der Waals surface area contributed by atoms with Gasteiger partial charge in [0.25, 0.3) is 5.91 Å². The first kappa shape index (κ1) is 18.7. The van der Waals surface area contributed by atoms with Gasteiger partial charge in [0.15, 0.2) is 0 Å². The largest absolute Gasteiger partial charge is 0.392 e. The third kappa shape index (κ3) is 3.85. The van der Waals surface area contributed by atoms with E-state index in [1.54, 1.807) is 12.3 Å². The molecule has 0 atom stereocenters. The molecule has 0 aliphatic carbocycles. The molecular weight excluding hydrogens is 366 g/mol. The van der Waals surface area contributed by atoms with Gasteiger partial charge in [0.1, 0.15) is 5.69 Å². The van der Waals surface area contributed by atoms with Gasteiger partial charge in [-0.15, -0.1) is 0 Å². The Kier molecular flexibility index (Phi) is 5.29. The summed E-state index contributed by atoms with van der Waals surface area (Å²) in [6, 6.07) is 21.3. The molecule has 0 unspecified atom stereocenters. The minimum atomic E-state index is -0.433. The molecule has 144 valence electrons. The van der Waals surface area contributed by atoms with Crippen LogP contribution in [0.1, 0.15) is 16.1 Å². The fourth-order valence-corrected chi connectivity index (χ4v) is 3.16. The number of nitrogens with zero attached hydrogens (tertiary/aromatic N) is 2. The van der Waals surface area contributed by atoms with Crippen LogP contribution in [0.15, 0.2) is 72.9 Å². The minimum absolute atomic E-state index is 0.0133. The predicted octanol–water partition coefficient (Wildman–Crippen LogP) is 3.75. The highest BCUT2D eigenvalue weighted by atomic mass is 16.6. The average Bonchev–Trinajstić information content (AvgIpc) is 2.78. The summed E-state index contributed by atoms with van der Waals surface area (Å²) in [7, 11) is 1.37. The van der Waals surface area contributed by atoms with Crippen LogP contribution >= 0.6 is 0 Å². The lowest BCUT2D eigenvalue weighted by molar-refractivity contribution is 0.0532. The third-order valence-corrected chi connectivity index (χ3v) is 4.62. The van der Waals surface area contributed by atoms with Crippen molar-refractivity contribution >= 4 is 16.8 Å². The Morgan fingerprint density at radius 1 is 1.03 bits per heavy atom. The number of fused-ring (bicyclic) bond motifs is 1. The number of pyridine rings is 2. The average molecular weight is 385 g/mol. The van der Waals surface area contributed by atoms with E-state index in [0.29, 0.717) is 5.52 Å². The number of aliphatic hydroxyl groups excluding tert-OH is 1. The third-order valence-electron chi connectivity index (χ3n) is 4.62. The number of amides is 1. The second-order valence-electron chi connectivity index (χ2n) is 6.50. The Labute approximate surface area is 167 Å². The van der Waals surface area contributed by atoms with Gasteiger partial charge in [-0.3, -0.25) is 14.6 Å². The van der Waals surface area contributed by atoms with E-state index in [1.807, 2.05) is 60.7 Å². The number of aromatic nitrogens is 2. The quantitative estimate of drug-likeness (QED) is 0.511. The first-order chi connectivity index (χ1) is 14.2. The fourth-order valence-electron chi connectivity index (χ4n) is 3.16. The van der Waals surface area contributed by atoms with Crippen molar-refractivity contribution in [3.05, 3.63) is 84.2 Å². The molecule has 6 nitrogen and oxygen atoms in total. The van der Waals surface area contributed by atoms with E-state index in [0.717, 1.165) is 33.3 Å². The molecule has 2 aromatic carbocycles. The van der Waals surface area contributed by atoms with Crippen molar-refractivity contribution in [1.82, 2.24) is 15.4 Å². The molecule has 4 aromatic rings. The molecule has 2 aromatic heterocycles. The summed E-state index contributed by atoms with van der Waals surface area (Å²) in [5.74, 6) is -0.433. The van der Waals surface area contributed by atoms with Gasteiger partial charge in [0.2, 0.25) is 0 Å². The fraction of sp³-hybridized carbons (Fsp3) is 0.0870. The first-order valence-electron chi connectivity index (χ1n) is 9.09. The molecule has 0 fully saturated rings. The number of hydrogen-bond acceptors (Lipinski definition) is 5. The van der Waals surface area contributed by atoms with Crippen molar-refractivity contribution in [2.45, 2.75) is 6.61 Å². The summed E-state index contributed by atoms with van der Waals surface area (Å²) in [6.07, 6.45) is 1.64. The van der Waals surface area contributed by atoms with Crippen LogP contribution in [0.2, 0.25) is 0 Å². The van der Waals surface area contributed by atoms with Gasteiger partial charge in [0, 0.05) is 22.7 Å². The smallest absolute Gasteiger partial charge is 0.293 e. The van der Waals surface area contributed by atoms with Crippen molar-refractivity contribution in [2.24, 2.45) is 0 Å². The maximum Gasteiger partial charge on any atom is 0.293 e. The number of aliphatic hydroxyl groups is 1. The van der Waals surface area contributed by atoms with Crippen LogP contribution in [0.25, 0.3) is 33.3 Å². The molecule has 0 bridgehead atoms. The number of carbonyl (C=O) groups excluding carboxylic acids is 1. The van der Waals surface area contributed by atoms with E-state index < -0.39 is 5.91 Å². The van der Waals surface area contributed by atoms with Crippen molar-refractivity contribution in [3.8, 4) is 22.4 Å². The summed E-state index contributed by atoms with van der Waals surface area (Å²) in [4.78, 5) is 25.8. The molecule has 29 heavy (non-hydrogen) atoms. The maximum atomic E-state index is 12.1. The Morgan fingerprint density at radius 3 is 2.48 bits per heavy atom. The molecule has 0 saturated heterocycles. The van der Waals surface area contributed by atoms with Gasteiger partial charge >= 0.3 is 0 Å². The lowest BCUT2D eigenvalue weighted by atomic mass is 9.97. The van der Waals surface area contributed by atoms with E-state index in [4.69, 9.17) is 4.98 Å². The van der Waals surface area contributed by atoms with E-state index in [-0.39, 0.29) is 12.3 Å². The van der Waals surface area contributed by atoms with Gasteiger partial charge in [0.05, 0.1) is 24.9 Å². The first-order valence-corrected chi connectivity index (χ1v) is 9.09. The summed E-state index contributed by atoms with van der Waals surface area (Å²) in [6.45, 7) is -0.0133. The van der Waals surface area contributed by atoms with Gasteiger partial charge in [-0.2, -0.15) is 0 Å². The molecular formula is C23H19N3O3. The highest BCUT2D eigenvalue weighted by Crippen LogP contribution is 2.33. The summed E-state index contributed by atoms with van der Waals surface area (Å²) in [5.41, 5.74) is 7.68. The molecule has 0 saturated carbocycles. The Bertz CT molecular complexity index is 1160. The molecule has 6 heteroatoms. The molecule has 1 amide bonds. The second kappa shape index (κ2) is 8.18. The van der Waals surface area contributed by atoms with Gasteiger partial charge in [-0.05, 0) is 23.3 Å². The molecule has 0 aliphatic heterocycles. The van der Waals surface area contributed by atoms with E-state index in [1.165, 1.54) is 7.11 Å². The standard InChI is InChI=1S/C23H19N3O3/c1-29-26-23(28)21-12-20-18(13-24-21)11-19(16-5-3-2-4-6-16)22(25-20)17-9-7-15(14-27)8-10-17/h2-13,27H,14H2,1H3,(H,26,28). The van der Waals surface area contributed by atoms with E-state index in [9.17, 15) is 9.90 Å². The van der Waals surface area contributed by atoms with Crippen molar-refractivity contribution in [2.75, 3.05) is 7.11 Å². The molecule has 0 aliphatic rings. The lowest BCUT2D eigenvalue weighted by Crippen LogP contribution is -2.22. The van der Waals surface area contributed by atoms with E-state index >= 15 is 0 Å². The van der Waals surface area contributed by atoms with Crippen LogP contribution in [0.5, 0.6) is 0 Å². The maximum absolute atomic E-state index is 12.1. The Balaban J connectivity index is 1.91. The van der Waals surface area contributed by atoms with Crippen LogP contribution in [0.3, 0.4) is 0 Å². The summed E-state index contributed by atoms with van der Waals surface area (Å²) in [5, 5.41) is 10.2. The van der Waals surface area contributed by atoms with Gasteiger partial charge in [-0.1, -0.05) is 54.6 Å². The molecule has 0 spiro atoms. The molecule has 4 rings (SSSR count). The number of hydrogen-bond donors (Lipinski definition) is 2. The van der Waals surface area contributed by atoms with E-state index in [2.05, 4.69) is 15.3 Å². The van der Waals surface area contributed by atoms with Gasteiger partial charge < -0.3 is 5.11 Å². The van der Waals surface area contributed by atoms with Crippen LogP contribution in [-0.2, 0) is 11.4 Å². The number of hydroxylamine groups is 1. The normalized spacial score (nSPS) is 10.8. The number of nitrogens with one attached hydrogen (secondary N) is 1. The molecule has 2 heterocycles. The second-order valence-corrected chi connectivity index (χ2v) is 6.50. The van der Waals surface area contributed by atoms with Crippen molar-refractivity contribution < 1.29 is 14.7 Å². The Morgan fingerprint density at radius 2 is 1.79 bits per heavy atom. The summed E-state index contributed by atoms with van der Waals surface area (Å²) >= 11 is 0. The molecule has 0 radical (unpaired) electrons. The molecule has 2 N–H and O–H groups in total. The highest BCUT2D eigenvalue weighted by Gasteiger charge is 2.14. The SMILES string of the molecule is CONC(=O)c1cc2nc(-c3ccc(CO)cc3)c(-c3ccccc3)cc2cn1. The predicted molar refractivity (Wildman–Crippen MR) is 111 cm³/mol. The summed E-state index contributed by atoms with van der Waals surface area (Å²) < 4.78 is 0. The van der Waals surface area contributed by atoms with Crippen molar-refractivity contribution in [3.63, 3.8) is 0 Å². The highest BCUT2D eigenvalue weighted by molar-refractivity contribution is 5.97. The van der Waals surface area contributed by atoms with Crippen molar-refractivity contribution in [1.29, 1.82) is 0 Å².